The number of rotatable bonds is 9. The van der Waals surface area contributed by atoms with Crippen molar-refractivity contribution in [3.8, 4) is 11.1 Å². The highest BCUT2D eigenvalue weighted by Gasteiger charge is 2.33. The molecule has 2 aliphatic heterocycles. The van der Waals surface area contributed by atoms with Crippen LogP contribution in [0.3, 0.4) is 0 Å². The van der Waals surface area contributed by atoms with Gasteiger partial charge in [0.15, 0.2) is 0 Å². The fourth-order valence-corrected chi connectivity index (χ4v) is 5.87. The number of likely N-dealkylation sites (tertiary alicyclic amines) is 1. The quantitative estimate of drug-likeness (QED) is 0.368. The third-order valence-electron chi connectivity index (χ3n) is 8.03. The van der Waals surface area contributed by atoms with Gasteiger partial charge in [-0.3, -0.25) is 9.78 Å². The molecule has 0 spiro atoms. The Kier molecular flexibility index (Phi) is 8.49. The molecule has 3 aromatic rings. The van der Waals surface area contributed by atoms with Gasteiger partial charge in [-0.15, -0.1) is 0 Å². The zero-order valence-electron chi connectivity index (χ0n) is 22.0. The minimum Gasteiger partial charge on any atom is -0.382 e. The van der Waals surface area contributed by atoms with E-state index >= 15 is 0 Å². The van der Waals surface area contributed by atoms with Crippen molar-refractivity contribution in [3.05, 3.63) is 65.9 Å². The summed E-state index contributed by atoms with van der Waals surface area (Å²) in [5.41, 5.74) is 5.96. The van der Waals surface area contributed by atoms with Gasteiger partial charge in [0, 0.05) is 44.3 Å². The number of fused-ring (bicyclic) bond motifs is 1. The topological polar surface area (TPSA) is 60.9 Å². The number of amides is 1. The van der Waals surface area contributed by atoms with Gasteiger partial charge in [-0.25, -0.2) is 0 Å². The maximum absolute atomic E-state index is 12.8. The number of carbonyl (C=O) groups is 1. The number of hydrogen-bond acceptors (Lipinski definition) is 5. The van der Waals surface area contributed by atoms with Gasteiger partial charge in [0.25, 0.3) is 5.91 Å². The van der Waals surface area contributed by atoms with E-state index in [1.165, 1.54) is 22.3 Å². The molecule has 0 radical (unpaired) electrons. The maximum Gasteiger partial charge on any atom is 0.251 e. The highest BCUT2D eigenvalue weighted by Crippen LogP contribution is 2.36. The highest BCUT2D eigenvalue weighted by molar-refractivity contribution is 5.88. The molecule has 2 fully saturated rings. The molecule has 1 aromatic heterocycles. The molecule has 0 N–H and O–H groups in total. The van der Waals surface area contributed by atoms with Crippen LogP contribution in [0.5, 0.6) is 0 Å². The van der Waals surface area contributed by atoms with E-state index in [2.05, 4.69) is 54.4 Å². The number of aromatic nitrogens is 1. The Morgan fingerprint density at radius 1 is 1.08 bits per heavy atom. The van der Waals surface area contributed by atoms with Crippen LogP contribution in [0.15, 0.2) is 54.7 Å². The summed E-state index contributed by atoms with van der Waals surface area (Å²) in [5, 5.41) is 1.16. The van der Waals surface area contributed by atoms with Gasteiger partial charge < -0.3 is 19.1 Å². The first-order chi connectivity index (χ1) is 18.2. The molecular formula is C31H38N2O4. The summed E-state index contributed by atoms with van der Waals surface area (Å²) >= 11 is 0. The summed E-state index contributed by atoms with van der Waals surface area (Å²) in [4.78, 5) is 19.4. The zero-order chi connectivity index (χ0) is 25.6. The van der Waals surface area contributed by atoms with E-state index in [-0.39, 0.29) is 17.9 Å². The minimum atomic E-state index is -0.231. The highest BCUT2D eigenvalue weighted by atomic mass is 16.5. The van der Waals surface area contributed by atoms with Crippen LogP contribution in [0.1, 0.15) is 42.7 Å². The van der Waals surface area contributed by atoms with Gasteiger partial charge in [-0.2, -0.15) is 0 Å². The van der Waals surface area contributed by atoms with Gasteiger partial charge in [0.2, 0.25) is 0 Å². The zero-order valence-corrected chi connectivity index (χ0v) is 22.0. The van der Waals surface area contributed by atoms with Crippen LogP contribution in [-0.2, 0) is 19.0 Å². The molecule has 2 aliphatic rings. The van der Waals surface area contributed by atoms with Gasteiger partial charge >= 0.3 is 0 Å². The molecule has 37 heavy (non-hydrogen) atoms. The average molecular weight is 503 g/mol. The third kappa shape index (κ3) is 5.87. The lowest BCUT2D eigenvalue weighted by molar-refractivity contribution is -0.142. The molecule has 6 heteroatoms. The standard InChI is InChI=1S/C31H38N2O4/c1-22-27(12-11-26-5-3-15-32-30(22)26)23-7-9-24(10-8-23)28(21-36-20-19-35-2)25-13-16-33(17-14-25)31(34)29-6-4-18-37-29/h3,5,7-12,15,25,28-29H,4,6,13-14,16-21H2,1-2H3/t28?,29-/m1/s1. The Labute approximate surface area is 219 Å². The van der Waals surface area contributed by atoms with Crippen LogP contribution < -0.4 is 0 Å². The van der Waals surface area contributed by atoms with Crippen molar-refractivity contribution in [2.45, 2.75) is 44.6 Å². The normalized spacial score (nSPS) is 19.4. The van der Waals surface area contributed by atoms with Crippen molar-refractivity contribution in [3.63, 3.8) is 0 Å². The molecule has 0 saturated carbocycles. The average Bonchev–Trinajstić information content (AvgIpc) is 3.49. The molecule has 2 saturated heterocycles. The van der Waals surface area contributed by atoms with Crippen molar-refractivity contribution in [2.75, 3.05) is 46.6 Å². The number of carbonyl (C=O) groups excluding carboxylic acids is 1. The Balaban J connectivity index is 1.31. The van der Waals surface area contributed by atoms with Gasteiger partial charge in [0.05, 0.1) is 25.3 Å². The summed E-state index contributed by atoms with van der Waals surface area (Å²) in [7, 11) is 1.70. The number of benzene rings is 2. The van der Waals surface area contributed by atoms with Crippen LogP contribution in [0.4, 0.5) is 0 Å². The second-order valence-electron chi connectivity index (χ2n) is 10.3. The summed E-state index contributed by atoms with van der Waals surface area (Å²) in [6.07, 6.45) is 5.43. The fraction of sp³-hybridized carbons (Fsp3) is 0.484. The Morgan fingerprint density at radius 2 is 1.89 bits per heavy atom. The molecule has 2 aromatic carbocycles. The van der Waals surface area contributed by atoms with Crippen LogP contribution >= 0.6 is 0 Å². The summed E-state index contributed by atoms with van der Waals surface area (Å²) < 4.78 is 16.9. The van der Waals surface area contributed by atoms with Crippen LogP contribution in [0.2, 0.25) is 0 Å². The number of methoxy groups -OCH3 is 1. The predicted molar refractivity (Wildman–Crippen MR) is 146 cm³/mol. The SMILES string of the molecule is COCCOCC(c1ccc(-c2ccc3cccnc3c2C)cc1)C1CCN(C(=O)[C@H]2CCCO2)CC1. The third-order valence-corrected chi connectivity index (χ3v) is 8.03. The number of hydrogen-bond donors (Lipinski definition) is 0. The van der Waals surface area contributed by atoms with Crippen LogP contribution in [-0.4, -0.2) is 68.5 Å². The van der Waals surface area contributed by atoms with Gasteiger partial charge in [-0.05, 0) is 66.8 Å². The Hall–Kier alpha value is -2.80. The monoisotopic (exact) mass is 502 g/mol. The van der Waals surface area contributed by atoms with E-state index in [0.29, 0.717) is 32.3 Å². The van der Waals surface area contributed by atoms with E-state index in [1.54, 1.807) is 7.11 Å². The molecular weight excluding hydrogens is 464 g/mol. The molecule has 5 rings (SSSR count). The summed E-state index contributed by atoms with van der Waals surface area (Å²) in [6, 6.07) is 17.4. The summed E-state index contributed by atoms with van der Waals surface area (Å²) in [5.74, 6) is 0.923. The fourth-order valence-electron chi connectivity index (χ4n) is 5.87. The first kappa shape index (κ1) is 25.8. The molecule has 1 unspecified atom stereocenters. The molecule has 0 aliphatic carbocycles. The molecule has 196 valence electrons. The minimum absolute atomic E-state index is 0.174. The molecule has 6 nitrogen and oxygen atoms in total. The lowest BCUT2D eigenvalue weighted by Gasteiger charge is -2.37. The lowest BCUT2D eigenvalue weighted by atomic mass is 9.80. The molecule has 0 bridgehead atoms. The lowest BCUT2D eigenvalue weighted by Crippen LogP contribution is -2.44. The Morgan fingerprint density at radius 3 is 2.62 bits per heavy atom. The van der Waals surface area contributed by atoms with Gasteiger partial charge in [0.1, 0.15) is 6.10 Å². The van der Waals surface area contributed by atoms with Crippen molar-refractivity contribution in [1.82, 2.24) is 9.88 Å². The Bertz CT molecular complexity index is 1180. The smallest absolute Gasteiger partial charge is 0.251 e. The van der Waals surface area contributed by atoms with Crippen molar-refractivity contribution >= 4 is 16.8 Å². The second kappa shape index (κ2) is 12.2. The second-order valence-corrected chi connectivity index (χ2v) is 10.3. The number of ether oxygens (including phenoxy) is 3. The van der Waals surface area contributed by atoms with Crippen LogP contribution in [0, 0.1) is 12.8 Å². The molecule has 1 amide bonds. The first-order valence-corrected chi connectivity index (χ1v) is 13.6. The maximum atomic E-state index is 12.8. The summed E-state index contributed by atoms with van der Waals surface area (Å²) in [6.45, 7) is 6.28. The first-order valence-electron chi connectivity index (χ1n) is 13.6. The van der Waals surface area contributed by atoms with Gasteiger partial charge in [-0.1, -0.05) is 42.5 Å². The van der Waals surface area contributed by atoms with E-state index in [9.17, 15) is 4.79 Å². The van der Waals surface area contributed by atoms with Crippen molar-refractivity contribution in [1.29, 1.82) is 0 Å². The predicted octanol–water partition coefficient (Wildman–Crippen LogP) is 5.37. The van der Waals surface area contributed by atoms with E-state index in [4.69, 9.17) is 14.2 Å². The van der Waals surface area contributed by atoms with Crippen LogP contribution in [0.25, 0.3) is 22.0 Å². The number of pyridine rings is 1. The van der Waals surface area contributed by atoms with E-state index in [0.717, 1.165) is 49.7 Å². The molecule has 2 atom stereocenters. The molecule has 3 heterocycles. The number of aryl methyl sites for hydroxylation is 1. The number of nitrogens with zero attached hydrogens (tertiary/aromatic N) is 2. The largest absolute Gasteiger partial charge is 0.382 e. The van der Waals surface area contributed by atoms with E-state index < -0.39 is 0 Å². The van der Waals surface area contributed by atoms with E-state index in [1.807, 2.05) is 17.2 Å². The number of piperidine rings is 1. The van der Waals surface area contributed by atoms with Crippen molar-refractivity contribution in [2.24, 2.45) is 5.92 Å². The van der Waals surface area contributed by atoms with Crippen molar-refractivity contribution < 1.29 is 19.0 Å².